The fourth-order valence-corrected chi connectivity index (χ4v) is 3.87. The van der Waals surface area contributed by atoms with Gasteiger partial charge in [0.15, 0.2) is 6.61 Å². The molecule has 1 aliphatic heterocycles. The first-order valence-corrected chi connectivity index (χ1v) is 9.26. The maximum atomic E-state index is 12.7. The number of H-pyrrole nitrogens is 1. The van der Waals surface area contributed by atoms with Gasteiger partial charge in [-0.15, -0.1) is 0 Å². The fraction of sp³-hybridized carbons (Fsp3) is 0.174. The molecular weight excluding hydrogens is 336 g/mol. The zero-order valence-corrected chi connectivity index (χ0v) is 14.9. The largest absolute Gasteiger partial charge is 0.484 e. The average Bonchev–Trinajstić information content (AvgIpc) is 3.09. The molecule has 0 saturated heterocycles. The van der Waals surface area contributed by atoms with E-state index in [-0.39, 0.29) is 12.5 Å². The van der Waals surface area contributed by atoms with Crippen LogP contribution >= 0.6 is 0 Å². The number of rotatable bonds is 3. The topological polar surface area (TPSA) is 45.3 Å². The van der Waals surface area contributed by atoms with Gasteiger partial charge in [0.2, 0.25) is 0 Å². The first-order chi connectivity index (χ1) is 13.3. The van der Waals surface area contributed by atoms with E-state index in [1.165, 1.54) is 22.0 Å². The second-order valence-corrected chi connectivity index (χ2v) is 6.99. The molecule has 0 bridgehead atoms. The van der Waals surface area contributed by atoms with E-state index in [0.29, 0.717) is 6.54 Å². The lowest BCUT2D eigenvalue weighted by atomic mass is 10.0. The highest BCUT2D eigenvalue weighted by Crippen LogP contribution is 2.27. The summed E-state index contributed by atoms with van der Waals surface area (Å²) in [7, 11) is 0. The van der Waals surface area contributed by atoms with Gasteiger partial charge in [-0.3, -0.25) is 4.79 Å². The van der Waals surface area contributed by atoms with Crippen molar-refractivity contribution in [1.29, 1.82) is 0 Å². The quantitative estimate of drug-likeness (QED) is 0.595. The van der Waals surface area contributed by atoms with Crippen molar-refractivity contribution in [1.82, 2.24) is 9.88 Å². The summed E-state index contributed by atoms with van der Waals surface area (Å²) in [4.78, 5) is 18.1. The molecular formula is C23H20N2O2. The lowest BCUT2D eigenvalue weighted by Crippen LogP contribution is -2.38. The normalized spacial score (nSPS) is 13.7. The number of aromatic amines is 1. The van der Waals surface area contributed by atoms with Gasteiger partial charge in [0, 0.05) is 41.7 Å². The molecule has 4 heteroatoms. The van der Waals surface area contributed by atoms with Crippen LogP contribution in [0.2, 0.25) is 0 Å². The molecule has 0 spiro atoms. The van der Waals surface area contributed by atoms with Crippen molar-refractivity contribution in [3.63, 3.8) is 0 Å². The number of carbonyl (C=O) groups excluding carboxylic acids is 1. The van der Waals surface area contributed by atoms with Crippen LogP contribution in [0.4, 0.5) is 0 Å². The molecule has 134 valence electrons. The van der Waals surface area contributed by atoms with Gasteiger partial charge in [0.05, 0.1) is 0 Å². The number of carbonyl (C=O) groups is 1. The van der Waals surface area contributed by atoms with Gasteiger partial charge in [-0.2, -0.15) is 0 Å². The van der Waals surface area contributed by atoms with E-state index in [2.05, 4.69) is 23.2 Å². The number of para-hydroxylation sites is 1. The molecule has 3 aromatic carbocycles. The molecule has 0 unspecified atom stereocenters. The van der Waals surface area contributed by atoms with Gasteiger partial charge >= 0.3 is 0 Å². The third kappa shape index (κ3) is 2.93. The predicted molar refractivity (Wildman–Crippen MR) is 107 cm³/mol. The van der Waals surface area contributed by atoms with Gasteiger partial charge in [-0.05, 0) is 29.0 Å². The fourth-order valence-electron chi connectivity index (χ4n) is 3.87. The molecule has 4 nitrogen and oxygen atoms in total. The van der Waals surface area contributed by atoms with Gasteiger partial charge < -0.3 is 14.6 Å². The molecule has 1 aliphatic rings. The molecule has 0 aliphatic carbocycles. The number of hydrogen-bond acceptors (Lipinski definition) is 2. The third-order valence-corrected chi connectivity index (χ3v) is 5.32. The van der Waals surface area contributed by atoms with Crippen molar-refractivity contribution in [2.24, 2.45) is 0 Å². The smallest absolute Gasteiger partial charge is 0.260 e. The minimum Gasteiger partial charge on any atom is -0.484 e. The van der Waals surface area contributed by atoms with Crippen LogP contribution in [0.5, 0.6) is 5.75 Å². The summed E-state index contributed by atoms with van der Waals surface area (Å²) in [6.07, 6.45) is 0.853. The van der Waals surface area contributed by atoms with Crippen LogP contribution in [0.1, 0.15) is 11.3 Å². The lowest BCUT2D eigenvalue weighted by molar-refractivity contribution is -0.134. The Morgan fingerprint density at radius 2 is 1.81 bits per heavy atom. The van der Waals surface area contributed by atoms with Crippen LogP contribution in [-0.4, -0.2) is 28.9 Å². The number of amides is 1. The van der Waals surface area contributed by atoms with E-state index in [0.717, 1.165) is 29.6 Å². The summed E-state index contributed by atoms with van der Waals surface area (Å²) in [6.45, 7) is 1.43. The molecule has 1 N–H and O–H groups in total. The van der Waals surface area contributed by atoms with Crippen molar-refractivity contribution in [2.75, 3.05) is 13.2 Å². The minimum absolute atomic E-state index is 0.0269. The van der Waals surface area contributed by atoms with Crippen molar-refractivity contribution in [3.8, 4) is 5.75 Å². The van der Waals surface area contributed by atoms with Crippen molar-refractivity contribution < 1.29 is 9.53 Å². The number of fused-ring (bicyclic) bond motifs is 4. The molecule has 1 amide bonds. The molecule has 0 atom stereocenters. The average molecular weight is 356 g/mol. The molecule has 5 rings (SSSR count). The number of ether oxygens (including phenoxy) is 1. The molecule has 0 fully saturated rings. The first-order valence-electron chi connectivity index (χ1n) is 9.26. The molecule has 27 heavy (non-hydrogen) atoms. The third-order valence-electron chi connectivity index (χ3n) is 5.32. The highest BCUT2D eigenvalue weighted by Gasteiger charge is 2.24. The van der Waals surface area contributed by atoms with Crippen LogP contribution in [0.3, 0.4) is 0 Å². The van der Waals surface area contributed by atoms with Gasteiger partial charge in [-0.25, -0.2) is 0 Å². The van der Waals surface area contributed by atoms with E-state index in [1.807, 2.05) is 53.4 Å². The molecule has 1 aromatic heterocycles. The molecule has 0 saturated carbocycles. The summed E-state index contributed by atoms with van der Waals surface area (Å²) >= 11 is 0. The van der Waals surface area contributed by atoms with E-state index < -0.39 is 0 Å². The maximum absolute atomic E-state index is 12.7. The summed E-state index contributed by atoms with van der Waals surface area (Å²) in [6, 6.07) is 22.3. The zero-order chi connectivity index (χ0) is 18.2. The first kappa shape index (κ1) is 15.9. The number of hydrogen-bond donors (Lipinski definition) is 1. The standard InChI is InChI=1S/C23H20N2O2/c26-23(15-27-18-10-9-16-5-1-2-6-17(16)13-18)25-12-11-22-20(14-25)19-7-3-4-8-21(19)24-22/h1-10,13,24H,11-12,14-15H2. The second kappa shape index (κ2) is 6.47. The van der Waals surface area contributed by atoms with Crippen LogP contribution < -0.4 is 4.74 Å². The Kier molecular flexibility index (Phi) is 3.82. The highest BCUT2D eigenvalue weighted by atomic mass is 16.5. The van der Waals surface area contributed by atoms with Crippen molar-refractivity contribution in [3.05, 3.63) is 78.0 Å². The van der Waals surface area contributed by atoms with E-state index >= 15 is 0 Å². The summed E-state index contributed by atoms with van der Waals surface area (Å²) < 4.78 is 5.79. The summed E-state index contributed by atoms with van der Waals surface area (Å²) in [5, 5.41) is 3.49. The molecule has 4 aromatic rings. The Bertz CT molecular complexity index is 1150. The maximum Gasteiger partial charge on any atom is 0.260 e. The number of nitrogens with one attached hydrogen (secondary N) is 1. The Balaban J connectivity index is 1.30. The minimum atomic E-state index is 0.0269. The van der Waals surface area contributed by atoms with Gasteiger partial charge in [0.25, 0.3) is 5.91 Å². The Hall–Kier alpha value is -3.27. The van der Waals surface area contributed by atoms with Crippen LogP contribution in [0.25, 0.3) is 21.7 Å². The van der Waals surface area contributed by atoms with Gasteiger partial charge in [-0.1, -0.05) is 48.5 Å². The number of aromatic nitrogens is 1. The Labute approximate surface area is 157 Å². The van der Waals surface area contributed by atoms with Crippen LogP contribution in [-0.2, 0) is 17.8 Å². The zero-order valence-electron chi connectivity index (χ0n) is 14.9. The lowest BCUT2D eigenvalue weighted by Gasteiger charge is -2.27. The van der Waals surface area contributed by atoms with E-state index in [4.69, 9.17) is 4.74 Å². The summed E-state index contributed by atoms with van der Waals surface area (Å²) in [5.41, 5.74) is 3.62. The number of nitrogens with zero attached hydrogens (tertiary/aromatic N) is 1. The van der Waals surface area contributed by atoms with Gasteiger partial charge in [0.1, 0.15) is 5.75 Å². The van der Waals surface area contributed by atoms with Crippen molar-refractivity contribution in [2.45, 2.75) is 13.0 Å². The second-order valence-electron chi connectivity index (χ2n) is 6.99. The van der Waals surface area contributed by atoms with E-state index in [9.17, 15) is 4.79 Å². The predicted octanol–water partition coefficient (Wildman–Crippen LogP) is 4.28. The van der Waals surface area contributed by atoms with Crippen LogP contribution in [0.15, 0.2) is 66.7 Å². The van der Waals surface area contributed by atoms with Crippen LogP contribution in [0, 0.1) is 0 Å². The Morgan fingerprint density at radius 1 is 1.00 bits per heavy atom. The number of benzene rings is 3. The Morgan fingerprint density at radius 3 is 2.74 bits per heavy atom. The monoisotopic (exact) mass is 356 g/mol. The molecule has 0 radical (unpaired) electrons. The highest BCUT2D eigenvalue weighted by molar-refractivity contribution is 5.86. The molecule has 2 heterocycles. The summed E-state index contributed by atoms with van der Waals surface area (Å²) in [5.74, 6) is 0.755. The van der Waals surface area contributed by atoms with Crippen molar-refractivity contribution >= 4 is 27.6 Å². The van der Waals surface area contributed by atoms with E-state index in [1.54, 1.807) is 0 Å². The SMILES string of the molecule is O=C(COc1ccc2ccccc2c1)N1CCc2[nH]c3ccccc3c2C1.